The topological polar surface area (TPSA) is 77.4 Å². The summed E-state index contributed by atoms with van der Waals surface area (Å²) in [5.74, 6) is 0.508. The van der Waals surface area contributed by atoms with E-state index in [2.05, 4.69) is 21.6 Å². The second kappa shape index (κ2) is 9.77. The van der Waals surface area contributed by atoms with E-state index in [1.807, 2.05) is 65.2 Å². The summed E-state index contributed by atoms with van der Waals surface area (Å²) in [6.45, 7) is 5.77. The first kappa shape index (κ1) is 21.3. The Morgan fingerprint density at radius 3 is 2.36 bits per heavy atom. The molecule has 2 rings (SSSR count). The monoisotopic (exact) mass is 380 g/mol. The van der Waals surface area contributed by atoms with Crippen LogP contribution < -0.4 is 15.4 Å². The molecule has 0 aliphatic carbocycles. The van der Waals surface area contributed by atoms with Gasteiger partial charge >= 0.3 is 6.03 Å². The Balaban J connectivity index is 2.07. The highest BCUT2D eigenvalue weighted by Crippen LogP contribution is 2.24. The Hall–Kier alpha value is -3.04. The highest BCUT2D eigenvalue weighted by molar-refractivity contribution is 5.89. The van der Waals surface area contributed by atoms with Gasteiger partial charge in [-0.25, -0.2) is 4.79 Å². The number of hydrogen-bond acceptors (Lipinski definition) is 4. The maximum Gasteiger partial charge on any atom is 0.319 e. The van der Waals surface area contributed by atoms with Gasteiger partial charge in [0.1, 0.15) is 11.8 Å². The third-order valence-electron chi connectivity index (χ3n) is 4.25. The molecule has 6 nitrogen and oxygen atoms in total. The van der Waals surface area contributed by atoms with E-state index in [9.17, 15) is 10.1 Å². The van der Waals surface area contributed by atoms with Crippen LogP contribution in [0.3, 0.4) is 0 Å². The third kappa shape index (κ3) is 5.73. The summed E-state index contributed by atoms with van der Waals surface area (Å²) in [6, 6.07) is 16.8. The zero-order chi connectivity index (χ0) is 20.7. The van der Waals surface area contributed by atoms with Crippen LogP contribution in [0.2, 0.25) is 0 Å². The number of rotatable bonds is 7. The average molecular weight is 380 g/mol. The van der Waals surface area contributed by atoms with Crippen LogP contribution in [-0.4, -0.2) is 37.2 Å². The summed E-state index contributed by atoms with van der Waals surface area (Å²) < 4.78 is 5.61. The van der Waals surface area contributed by atoms with Crippen molar-refractivity contribution in [3.63, 3.8) is 0 Å². The van der Waals surface area contributed by atoms with Gasteiger partial charge in [0, 0.05) is 11.7 Å². The van der Waals surface area contributed by atoms with Crippen molar-refractivity contribution in [3.05, 3.63) is 59.7 Å². The second-order valence-electron chi connectivity index (χ2n) is 7.20. The predicted octanol–water partition coefficient (Wildman–Crippen LogP) is 4.16. The lowest BCUT2D eigenvalue weighted by Gasteiger charge is -2.31. The van der Waals surface area contributed by atoms with Crippen molar-refractivity contribution >= 4 is 11.7 Å². The van der Waals surface area contributed by atoms with Crippen LogP contribution in [0.25, 0.3) is 0 Å². The van der Waals surface area contributed by atoms with Gasteiger partial charge in [0.05, 0.1) is 17.7 Å². The van der Waals surface area contributed by atoms with Crippen LogP contribution in [0, 0.1) is 11.3 Å². The number of carbonyl (C=O) groups is 1. The summed E-state index contributed by atoms with van der Waals surface area (Å²) >= 11 is 0. The minimum atomic E-state index is -0.323. The zero-order valence-corrected chi connectivity index (χ0v) is 17.1. The van der Waals surface area contributed by atoms with Crippen molar-refractivity contribution in [2.75, 3.05) is 19.4 Å². The first-order valence-electron chi connectivity index (χ1n) is 9.31. The minimum absolute atomic E-state index is 0.0310. The Morgan fingerprint density at radius 1 is 1.11 bits per heavy atom. The third-order valence-corrected chi connectivity index (χ3v) is 4.25. The van der Waals surface area contributed by atoms with Gasteiger partial charge in [-0.05, 0) is 58.6 Å². The van der Waals surface area contributed by atoms with Gasteiger partial charge in [-0.15, -0.1) is 0 Å². The molecule has 0 saturated carbocycles. The van der Waals surface area contributed by atoms with Crippen molar-refractivity contribution in [2.24, 2.45) is 0 Å². The van der Waals surface area contributed by atoms with Gasteiger partial charge < -0.3 is 20.3 Å². The van der Waals surface area contributed by atoms with Gasteiger partial charge in [0.2, 0.25) is 0 Å². The van der Waals surface area contributed by atoms with Crippen molar-refractivity contribution in [1.82, 2.24) is 10.2 Å². The number of amides is 2. The van der Waals surface area contributed by atoms with Crippen LogP contribution in [0.15, 0.2) is 48.5 Å². The molecular weight excluding hydrogens is 352 g/mol. The Morgan fingerprint density at radius 2 is 1.79 bits per heavy atom. The molecule has 2 amide bonds. The van der Waals surface area contributed by atoms with E-state index in [4.69, 9.17) is 4.74 Å². The molecule has 2 aromatic carbocycles. The van der Waals surface area contributed by atoms with E-state index in [1.54, 1.807) is 18.2 Å². The van der Waals surface area contributed by atoms with E-state index in [1.165, 1.54) is 0 Å². The number of nitrogens with one attached hydrogen (secondary N) is 2. The number of nitrogens with zero attached hydrogens (tertiary/aromatic N) is 2. The van der Waals surface area contributed by atoms with Crippen LogP contribution >= 0.6 is 0 Å². The molecule has 0 bridgehead atoms. The summed E-state index contributed by atoms with van der Waals surface area (Å²) in [7, 11) is 3.97. The Kier molecular flexibility index (Phi) is 7.42. The molecule has 148 valence electrons. The molecule has 0 aromatic heterocycles. The first-order chi connectivity index (χ1) is 13.3. The van der Waals surface area contributed by atoms with Crippen molar-refractivity contribution in [2.45, 2.75) is 39.0 Å². The predicted molar refractivity (Wildman–Crippen MR) is 111 cm³/mol. The smallest absolute Gasteiger partial charge is 0.319 e. The molecule has 2 N–H and O–H groups in total. The maximum atomic E-state index is 12.5. The highest BCUT2D eigenvalue weighted by Gasteiger charge is 2.23. The van der Waals surface area contributed by atoms with Crippen molar-refractivity contribution in [3.8, 4) is 11.8 Å². The molecule has 28 heavy (non-hydrogen) atoms. The number of anilines is 1. The number of nitriles is 1. The van der Waals surface area contributed by atoms with Crippen molar-refractivity contribution < 1.29 is 9.53 Å². The Labute approximate surface area is 167 Å². The number of benzene rings is 2. The lowest BCUT2D eigenvalue weighted by atomic mass is 9.99. The molecule has 2 atom stereocenters. The molecule has 0 saturated heterocycles. The van der Waals surface area contributed by atoms with Gasteiger partial charge in [0.25, 0.3) is 0 Å². The maximum absolute atomic E-state index is 12.5. The van der Waals surface area contributed by atoms with Gasteiger partial charge in [-0.2, -0.15) is 5.26 Å². The van der Waals surface area contributed by atoms with E-state index < -0.39 is 0 Å². The van der Waals surface area contributed by atoms with Crippen LogP contribution in [-0.2, 0) is 0 Å². The van der Waals surface area contributed by atoms with Crippen molar-refractivity contribution in [1.29, 1.82) is 5.26 Å². The normalized spacial score (nSPS) is 12.9. The number of likely N-dealkylation sites (N-methyl/N-ethyl adjacent to an activating group) is 1. The molecule has 6 heteroatoms. The summed E-state index contributed by atoms with van der Waals surface area (Å²) in [6.07, 6.45) is -0.0315. The number of ether oxygens (including phenoxy) is 1. The summed E-state index contributed by atoms with van der Waals surface area (Å²) in [4.78, 5) is 14.6. The fraction of sp³-hybridized carbons (Fsp3) is 0.364. The van der Waals surface area contributed by atoms with Crippen LogP contribution in [0.1, 0.15) is 37.9 Å². The van der Waals surface area contributed by atoms with Gasteiger partial charge in [0.15, 0.2) is 0 Å². The summed E-state index contributed by atoms with van der Waals surface area (Å²) in [5.41, 5.74) is 2.05. The molecule has 0 heterocycles. The zero-order valence-electron chi connectivity index (χ0n) is 17.1. The fourth-order valence-corrected chi connectivity index (χ4v) is 3.19. The number of carbonyl (C=O) groups excluding carboxylic acids is 1. The first-order valence-corrected chi connectivity index (χ1v) is 9.31. The molecule has 0 unspecified atom stereocenters. The van der Waals surface area contributed by atoms with E-state index in [-0.39, 0.29) is 24.2 Å². The fourth-order valence-electron chi connectivity index (χ4n) is 3.19. The number of hydrogen-bond donors (Lipinski definition) is 2. The largest absolute Gasteiger partial charge is 0.490 e. The SMILES string of the molecule is CC(C)Oc1ccc(NC(=O)N[C@H](C)[C@H](c2ccccc2)N(C)C)cc1C#N. The second-order valence-corrected chi connectivity index (χ2v) is 7.20. The molecular formula is C22H28N4O2. The van der Waals surface area contributed by atoms with Gasteiger partial charge in [-0.3, -0.25) is 0 Å². The minimum Gasteiger partial charge on any atom is -0.490 e. The van der Waals surface area contributed by atoms with E-state index >= 15 is 0 Å². The van der Waals surface area contributed by atoms with Crippen LogP contribution in [0.5, 0.6) is 5.75 Å². The quantitative estimate of drug-likeness (QED) is 0.756. The van der Waals surface area contributed by atoms with Gasteiger partial charge in [-0.1, -0.05) is 30.3 Å². The standard InChI is InChI=1S/C22H28N4O2/c1-15(2)28-20-12-11-19(13-18(20)14-23)25-22(27)24-16(3)21(26(4)5)17-9-7-6-8-10-17/h6-13,15-16,21H,1-5H3,(H2,24,25,27)/t16-,21-/m1/s1. The molecule has 0 aliphatic heterocycles. The van der Waals surface area contributed by atoms with E-state index in [0.29, 0.717) is 17.0 Å². The molecule has 0 aliphatic rings. The molecule has 0 radical (unpaired) electrons. The lowest BCUT2D eigenvalue weighted by molar-refractivity contribution is 0.223. The molecule has 0 spiro atoms. The molecule has 0 fully saturated rings. The average Bonchev–Trinajstić information content (AvgIpc) is 2.63. The van der Waals surface area contributed by atoms with Crippen LogP contribution in [0.4, 0.5) is 10.5 Å². The number of urea groups is 1. The highest BCUT2D eigenvalue weighted by atomic mass is 16.5. The Bertz CT molecular complexity index is 828. The summed E-state index contributed by atoms with van der Waals surface area (Å²) in [5, 5.41) is 15.1. The molecule has 2 aromatic rings. The lowest BCUT2D eigenvalue weighted by Crippen LogP contribution is -2.44. The van der Waals surface area contributed by atoms with E-state index in [0.717, 1.165) is 5.56 Å².